The number of rotatable bonds is 3. The second-order valence-corrected chi connectivity index (χ2v) is 3.87. The first-order valence-electron chi connectivity index (χ1n) is 5.15. The van der Waals surface area contributed by atoms with Gasteiger partial charge in [-0.25, -0.2) is 0 Å². The van der Waals surface area contributed by atoms with E-state index in [-0.39, 0.29) is 11.4 Å². The first kappa shape index (κ1) is 11.2. The lowest BCUT2D eigenvalue weighted by Crippen LogP contribution is -2.32. The summed E-state index contributed by atoms with van der Waals surface area (Å²) >= 11 is 0. The van der Waals surface area contributed by atoms with Gasteiger partial charge in [-0.05, 0) is 38.8 Å². The van der Waals surface area contributed by atoms with Gasteiger partial charge in [-0.1, -0.05) is 6.08 Å². The minimum Gasteiger partial charge on any atom is -0.469 e. The van der Waals surface area contributed by atoms with Crippen molar-refractivity contribution in [1.82, 2.24) is 5.32 Å². The van der Waals surface area contributed by atoms with Crippen molar-refractivity contribution in [3.8, 4) is 0 Å². The molecule has 0 saturated carbocycles. The van der Waals surface area contributed by atoms with Crippen LogP contribution in [0.15, 0.2) is 12.7 Å². The Morgan fingerprint density at radius 3 is 3.00 bits per heavy atom. The van der Waals surface area contributed by atoms with Crippen LogP contribution in [0.4, 0.5) is 0 Å². The van der Waals surface area contributed by atoms with Crippen LogP contribution in [0.1, 0.15) is 25.7 Å². The van der Waals surface area contributed by atoms with Crippen molar-refractivity contribution in [3.63, 3.8) is 0 Å². The van der Waals surface area contributed by atoms with Gasteiger partial charge in [0.15, 0.2) is 0 Å². The van der Waals surface area contributed by atoms with E-state index in [2.05, 4.69) is 11.9 Å². The van der Waals surface area contributed by atoms with Crippen LogP contribution in [-0.2, 0) is 9.53 Å². The second-order valence-electron chi connectivity index (χ2n) is 3.87. The van der Waals surface area contributed by atoms with Crippen molar-refractivity contribution in [1.29, 1.82) is 0 Å². The van der Waals surface area contributed by atoms with Crippen molar-refractivity contribution < 1.29 is 9.53 Å². The molecule has 3 nitrogen and oxygen atoms in total. The monoisotopic (exact) mass is 197 g/mol. The van der Waals surface area contributed by atoms with Crippen LogP contribution < -0.4 is 5.32 Å². The van der Waals surface area contributed by atoms with Crippen LogP contribution in [0.5, 0.6) is 0 Å². The maximum atomic E-state index is 11.7. The molecule has 1 aliphatic rings. The van der Waals surface area contributed by atoms with Gasteiger partial charge in [-0.3, -0.25) is 4.79 Å². The molecule has 0 spiro atoms. The normalized spacial score (nSPS) is 27.8. The minimum absolute atomic E-state index is 0.0823. The molecule has 80 valence electrons. The molecule has 3 heteroatoms. The van der Waals surface area contributed by atoms with Crippen LogP contribution in [0.3, 0.4) is 0 Å². The molecule has 1 atom stereocenters. The van der Waals surface area contributed by atoms with E-state index in [1.165, 1.54) is 7.11 Å². The van der Waals surface area contributed by atoms with Crippen LogP contribution in [0.25, 0.3) is 0 Å². The third-order valence-corrected chi connectivity index (χ3v) is 2.94. The molecule has 0 amide bonds. The van der Waals surface area contributed by atoms with Crippen molar-refractivity contribution >= 4 is 5.97 Å². The van der Waals surface area contributed by atoms with Crippen molar-refractivity contribution in [3.05, 3.63) is 12.7 Å². The largest absolute Gasteiger partial charge is 0.469 e. The highest BCUT2D eigenvalue weighted by Gasteiger charge is 2.38. The minimum atomic E-state index is -0.319. The molecule has 1 aliphatic heterocycles. The summed E-state index contributed by atoms with van der Waals surface area (Å²) in [5.41, 5.74) is -0.319. The third-order valence-electron chi connectivity index (χ3n) is 2.94. The number of hydrogen-bond donors (Lipinski definition) is 1. The van der Waals surface area contributed by atoms with Gasteiger partial charge in [-0.15, -0.1) is 6.58 Å². The maximum Gasteiger partial charge on any atom is 0.312 e. The molecule has 1 heterocycles. The summed E-state index contributed by atoms with van der Waals surface area (Å²) in [4.78, 5) is 11.7. The Hall–Kier alpha value is -0.830. The van der Waals surface area contributed by atoms with Gasteiger partial charge >= 0.3 is 5.97 Å². The molecule has 0 aromatic heterocycles. The molecule has 1 unspecified atom stereocenters. The van der Waals surface area contributed by atoms with E-state index in [1.54, 1.807) is 0 Å². The molecular formula is C11H19NO2. The number of allylic oxidation sites excluding steroid dienone is 1. The van der Waals surface area contributed by atoms with Crippen molar-refractivity contribution in [2.75, 3.05) is 20.2 Å². The van der Waals surface area contributed by atoms with Gasteiger partial charge in [-0.2, -0.15) is 0 Å². The summed E-state index contributed by atoms with van der Waals surface area (Å²) in [5.74, 6) is -0.0823. The fourth-order valence-corrected chi connectivity index (χ4v) is 2.11. The Morgan fingerprint density at radius 1 is 1.57 bits per heavy atom. The zero-order valence-corrected chi connectivity index (χ0v) is 8.84. The lowest BCUT2D eigenvalue weighted by Gasteiger charge is -2.27. The van der Waals surface area contributed by atoms with Gasteiger partial charge in [0.25, 0.3) is 0 Å². The number of carbonyl (C=O) groups excluding carboxylic acids is 1. The lowest BCUT2D eigenvalue weighted by atomic mass is 9.78. The van der Waals surface area contributed by atoms with E-state index < -0.39 is 0 Å². The molecule has 0 radical (unpaired) electrons. The summed E-state index contributed by atoms with van der Waals surface area (Å²) in [6.07, 6.45) is 5.33. The second kappa shape index (κ2) is 5.15. The Balaban J connectivity index is 2.76. The van der Waals surface area contributed by atoms with E-state index in [4.69, 9.17) is 4.74 Å². The van der Waals surface area contributed by atoms with Gasteiger partial charge in [0, 0.05) is 0 Å². The number of esters is 1. The Bertz CT molecular complexity index is 205. The molecule has 0 bridgehead atoms. The van der Waals surface area contributed by atoms with Crippen LogP contribution in [-0.4, -0.2) is 26.2 Å². The number of hydrogen-bond acceptors (Lipinski definition) is 3. The maximum absolute atomic E-state index is 11.7. The topological polar surface area (TPSA) is 38.3 Å². The number of carbonyl (C=O) groups is 1. The summed E-state index contributed by atoms with van der Waals surface area (Å²) in [6.45, 7) is 5.61. The molecule has 1 fully saturated rings. The van der Waals surface area contributed by atoms with Gasteiger partial charge in [0.2, 0.25) is 0 Å². The molecule has 0 aromatic carbocycles. The highest BCUT2D eigenvalue weighted by Crippen LogP contribution is 2.35. The van der Waals surface area contributed by atoms with E-state index in [9.17, 15) is 4.79 Å². The van der Waals surface area contributed by atoms with Crippen LogP contribution in [0.2, 0.25) is 0 Å². The zero-order valence-electron chi connectivity index (χ0n) is 8.84. The average molecular weight is 197 g/mol. The summed E-state index contributed by atoms with van der Waals surface area (Å²) in [5, 5.41) is 3.30. The predicted octanol–water partition coefficient (Wildman–Crippen LogP) is 1.50. The van der Waals surface area contributed by atoms with E-state index in [1.807, 2.05) is 6.08 Å². The smallest absolute Gasteiger partial charge is 0.312 e. The zero-order chi connectivity index (χ0) is 10.4. The number of ether oxygens (including phenoxy) is 1. The number of methoxy groups -OCH3 is 1. The first-order valence-corrected chi connectivity index (χ1v) is 5.15. The summed E-state index contributed by atoms with van der Waals surface area (Å²) in [7, 11) is 1.46. The molecule has 0 aliphatic carbocycles. The summed E-state index contributed by atoms with van der Waals surface area (Å²) < 4.78 is 4.89. The Kier molecular flexibility index (Phi) is 4.14. The molecule has 1 N–H and O–H groups in total. The fourth-order valence-electron chi connectivity index (χ4n) is 2.11. The number of nitrogens with one attached hydrogen (secondary N) is 1. The average Bonchev–Trinajstić information content (AvgIpc) is 2.44. The predicted molar refractivity (Wildman–Crippen MR) is 56.0 cm³/mol. The Labute approximate surface area is 85.5 Å². The van der Waals surface area contributed by atoms with Gasteiger partial charge in [0.05, 0.1) is 12.5 Å². The molecule has 1 saturated heterocycles. The molecular weight excluding hydrogens is 178 g/mol. The van der Waals surface area contributed by atoms with E-state index in [0.29, 0.717) is 0 Å². The highest BCUT2D eigenvalue weighted by atomic mass is 16.5. The molecule has 14 heavy (non-hydrogen) atoms. The third kappa shape index (κ3) is 2.35. The SMILES string of the molecule is C=CCC1(C(=O)OC)CCCNCC1. The highest BCUT2D eigenvalue weighted by molar-refractivity contribution is 5.77. The van der Waals surface area contributed by atoms with E-state index >= 15 is 0 Å². The quantitative estimate of drug-likeness (QED) is 0.550. The Morgan fingerprint density at radius 2 is 2.36 bits per heavy atom. The lowest BCUT2D eigenvalue weighted by molar-refractivity contribution is -0.153. The fraction of sp³-hybridized carbons (Fsp3) is 0.727. The van der Waals surface area contributed by atoms with Gasteiger partial charge < -0.3 is 10.1 Å². The standard InChI is InChI=1S/C11H19NO2/c1-3-5-11(10(13)14-2)6-4-8-12-9-7-11/h3,12H,1,4-9H2,2H3. The van der Waals surface area contributed by atoms with Gasteiger partial charge in [0.1, 0.15) is 0 Å². The van der Waals surface area contributed by atoms with Crippen LogP contribution >= 0.6 is 0 Å². The van der Waals surface area contributed by atoms with Crippen molar-refractivity contribution in [2.45, 2.75) is 25.7 Å². The van der Waals surface area contributed by atoms with E-state index in [0.717, 1.165) is 38.8 Å². The molecule has 1 rings (SSSR count). The summed E-state index contributed by atoms with van der Waals surface area (Å²) in [6, 6.07) is 0. The molecule has 0 aromatic rings. The van der Waals surface area contributed by atoms with Crippen molar-refractivity contribution in [2.24, 2.45) is 5.41 Å². The van der Waals surface area contributed by atoms with Crippen LogP contribution in [0, 0.1) is 5.41 Å². The first-order chi connectivity index (χ1) is 6.75.